The van der Waals surface area contributed by atoms with E-state index in [9.17, 15) is 9.59 Å². The van der Waals surface area contributed by atoms with Crippen molar-refractivity contribution in [2.75, 3.05) is 13.1 Å². The SMILES string of the molecule is O=C(NCCN=Cc1ccccn1)C(=O)NCc1ccccn1. The molecule has 0 unspecified atom stereocenters. The molecule has 0 aliphatic heterocycles. The van der Waals surface area contributed by atoms with Crippen molar-refractivity contribution < 1.29 is 9.59 Å². The van der Waals surface area contributed by atoms with Crippen LogP contribution in [0, 0.1) is 0 Å². The van der Waals surface area contributed by atoms with Gasteiger partial charge in [-0.05, 0) is 24.3 Å². The second kappa shape index (κ2) is 9.04. The van der Waals surface area contributed by atoms with Gasteiger partial charge in [0.05, 0.1) is 24.5 Å². The number of hydrogen-bond acceptors (Lipinski definition) is 5. The van der Waals surface area contributed by atoms with Gasteiger partial charge in [0.1, 0.15) is 0 Å². The van der Waals surface area contributed by atoms with E-state index in [2.05, 4.69) is 25.6 Å². The van der Waals surface area contributed by atoms with Gasteiger partial charge in [0.15, 0.2) is 0 Å². The zero-order valence-electron chi connectivity index (χ0n) is 12.5. The van der Waals surface area contributed by atoms with E-state index in [4.69, 9.17) is 0 Å². The molecule has 0 saturated carbocycles. The Morgan fingerprint density at radius 2 is 1.74 bits per heavy atom. The Bertz CT molecular complexity index is 659. The molecule has 23 heavy (non-hydrogen) atoms. The zero-order chi connectivity index (χ0) is 16.3. The summed E-state index contributed by atoms with van der Waals surface area (Å²) in [4.78, 5) is 35.5. The van der Waals surface area contributed by atoms with Crippen LogP contribution in [0.4, 0.5) is 0 Å². The molecule has 7 nitrogen and oxygen atoms in total. The van der Waals surface area contributed by atoms with E-state index in [1.54, 1.807) is 30.7 Å². The maximum Gasteiger partial charge on any atom is 0.309 e. The van der Waals surface area contributed by atoms with Gasteiger partial charge in [0, 0.05) is 25.2 Å². The minimum Gasteiger partial charge on any atom is -0.346 e. The van der Waals surface area contributed by atoms with Crippen molar-refractivity contribution in [1.82, 2.24) is 20.6 Å². The molecule has 0 aromatic carbocycles. The quantitative estimate of drug-likeness (QED) is 0.456. The molecule has 0 spiro atoms. The Kier molecular flexibility index (Phi) is 6.40. The zero-order valence-corrected chi connectivity index (χ0v) is 12.5. The van der Waals surface area contributed by atoms with Crippen LogP contribution in [0.5, 0.6) is 0 Å². The van der Waals surface area contributed by atoms with Crippen molar-refractivity contribution in [3.63, 3.8) is 0 Å². The van der Waals surface area contributed by atoms with Gasteiger partial charge in [-0.25, -0.2) is 0 Å². The third-order valence-electron chi connectivity index (χ3n) is 2.80. The van der Waals surface area contributed by atoms with Gasteiger partial charge < -0.3 is 10.6 Å². The molecular formula is C16H17N5O2. The van der Waals surface area contributed by atoms with Gasteiger partial charge in [-0.2, -0.15) is 0 Å². The van der Waals surface area contributed by atoms with Crippen molar-refractivity contribution in [2.24, 2.45) is 4.99 Å². The third kappa shape index (κ3) is 6.04. The van der Waals surface area contributed by atoms with E-state index in [1.807, 2.05) is 24.3 Å². The predicted octanol–water partition coefficient (Wildman–Crippen LogP) is 0.328. The summed E-state index contributed by atoms with van der Waals surface area (Å²) in [6.07, 6.45) is 4.92. The second-order valence-corrected chi connectivity index (χ2v) is 4.55. The van der Waals surface area contributed by atoms with Gasteiger partial charge in [0.2, 0.25) is 0 Å². The summed E-state index contributed by atoms with van der Waals surface area (Å²) in [6, 6.07) is 10.9. The van der Waals surface area contributed by atoms with Crippen molar-refractivity contribution in [2.45, 2.75) is 6.54 Å². The number of amides is 2. The van der Waals surface area contributed by atoms with Crippen molar-refractivity contribution in [1.29, 1.82) is 0 Å². The second-order valence-electron chi connectivity index (χ2n) is 4.55. The third-order valence-corrected chi connectivity index (χ3v) is 2.80. The van der Waals surface area contributed by atoms with E-state index in [0.717, 1.165) is 5.69 Å². The molecule has 0 radical (unpaired) electrons. The normalized spacial score (nSPS) is 10.4. The molecule has 0 aliphatic rings. The van der Waals surface area contributed by atoms with Crippen LogP contribution in [0.25, 0.3) is 0 Å². The van der Waals surface area contributed by atoms with Crippen LogP contribution in [0.3, 0.4) is 0 Å². The molecule has 0 atom stereocenters. The Hall–Kier alpha value is -3.09. The Labute approximate surface area is 133 Å². The van der Waals surface area contributed by atoms with Gasteiger partial charge >= 0.3 is 11.8 Å². The number of pyridine rings is 2. The van der Waals surface area contributed by atoms with Crippen molar-refractivity contribution >= 4 is 18.0 Å². The first-order valence-corrected chi connectivity index (χ1v) is 7.12. The first kappa shape index (κ1) is 16.3. The van der Waals surface area contributed by atoms with E-state index in [0.29, 0.717) is 12.2 Å². The molecule has 2 N–H and O–H groups in total. The summed E-state index contributed by atoms with van der Waals surface area (Å²) in [5, 5.41) is 5.00. The lowest BCUT2D eigenvalue weighted by Gasteiger charge is -2.05. The summed E-state index contributed by atoms with van der Waals surface area (Å²) in [6.45, 7) is 0.861. The lowest BCUT2D eigenvalue weighted by molar-refractivity contribution is -0.139. The highest BCUT2D eigenvalue weighted by atomic mass is 16.2. The Balaban J connectivity index is 1.64. The number of carbonyl (C=O) groups is 2. The van der Waals surface area contributed by atoms with Gasteiger partial charge in [-0.3, -0.25) is 24.5 Å². The standard InChI is InChI=1S/C16H17N5O2/c22-15(16(23)21-12-14-6-2-4-8-19-14)20-10-9-17-11-13-5-1-3-7-18-13/h1-8,11H,9-10,12H2,(H,20,22)(H,21,23). The number of aliphatic imine (C=N–C) groups is 1. The summed E-state index contributed by atoms with van der Waals surface area (Å²) in [7, 11) is 0. The molecule has 2 aromatic heterocycles. The maximum absolute atomic E-state index is 11.6. The number of nitrogens with zero attached hydrogens (tertiary/aromatic N) is 3. The molecule has 0 fully saturated rings. The van der Waals surface area contributed by atoms with Crippen molar-refractivity contribution in [3.05, 3.63) is 60.2 Å². The molecule has 2 aromatic rings. The number of aromatic nitrogens is 2. The molecule has 2 amide bonds. The molecule has 0 saturated heterocycles. The highest BCUT2D eigenvalue weighted by Gasteiger charge is 2.11. The van der Waals surface area contributed by atoms with Gasteiger partial charge in [-0.1, -0.05) is 12.1 Å². The van der Waals surface area contributed by atoms with Crippen LogP contribution in [0.1, 0.15) is 11.4 Å². The van der Waals surface area contributed by atoms with E-state index in [-0.39, 0.29) is 13.1 Å². The van der Waals surface area contributed by atoms with Crippen LogP contribution in [0.15, 0.2) is 53.8 Å². The van der Waals surface area contributed by atoms with Crippen molar-refractivity contribution in [3.8, 4) is 0 Å². The fourth-order valence-corrected chi connectivity index (χ4v) is 1.68. The Morgan fingerprint density at radius 3 is 2.43 bits per heavy atom. The summed E-state index contributed by atoms with van der Waals surface area (Å²) in [5.74, 6) is -1.38. The van der Waals surface area contributed by atoms with Crippen LogP contribution >= 0.6 is 0 Å². The lowest BCUT2D eigenvalue weighted by Crippen LogP contribution is -2.40. The first-order valence-electron chi connectivity index (χ1n) is 7.12. The minimum absolute atomic E-state index is 0.213. The van der Waals surface area contributed by atoms with Gasteiger partial charge in [0.25, 0.3) is 0 Å². The average molecular weight is 311 g/mol. The number of rotatable bonds is 6. The molecular weight excluding hydrogens is 294 g/mol. The van der Waals surface area contributed by atoms with Crippen LogP contribution in [0.2, 0.25) is 0 Å². The summed E-state index contributed by atoms with van der Waals surface area (Å²) < 4.78 is 0. The smallest absolute Gasteiger partial charge is 0.309 e. The molecule has 118 valence electrons. The fraction of sp³-hybridized carbons (Fsp3) is 0.188. The molecule has 0 bridgehead atoms. The van der Waals surface area contributed by atoms with Crippen LogP contribution in [-0.2, 0) is 16.1 Å². The van der Waals surface area contributed by atoms with Crippen LogP contribution in [-0.4, -0.2) is 41.1 Å². The first-order chi connectivity index (χ1) is 11.3. The molecule has 2 heterocycles. The predicted molar refractivity (Wildman–Crippen MR) is 85.8 cm³/mol. The van der Waals surface area contributed by atoms with E-state index in [1.165, 1.54) is 0 Å². The summed E-state index contributed by atoms with van der Waals surface area (Å²) in [5.41, 5.74) is 1.43. The molecule has 2 rings (SSSR count). The highest BCUT2D eigenvalue weighted by molar-refractivity contribution is 6.35. The summed E-state index contributed by atoms with van der Waals surface area (Å²) >= 11 is 0. The van der Waals surface area contributed by atoms with Gasteiger partial charge in [-0.15, -0.1) is 0 Å². The fourth-order valence-electron chi connectivity index (χ4n) is 1.68. The maximum atomic E-state index is 11.6. The Morgan fingerprint density at radius 1 is 1.00 bits per heavy atom. The number of carbonyl (C=O) groups excluding carboxylic acids is 2. The minimum atomic E-state index is -0.690. The number of hydrogen-bond donors (Lipinski definition) is 2. The number of nitrogens with one attached hydrogen (secondary N) is 2. The highest BCUT2D eigenvalue weighted by Crippen LogP contribution is 1.91. The van der Waals surface area contributed by atoms with Crippen LogP contribution < -0.4 is 10.6 Å². The lowest BCUT2D eigenvalue weighted by atomic mass is 10.3. The largest absolute Gasteiger partial charge is 0.346 e. The molecule has 0 aliphatic carbocycles. The monoisotopic (exact) mass is 311 g/mol. The van der Waals surface area contributed by atoms with E-state index < -0.39 is 11.8 Å². The topological polar surface area (TPSA) is 96.3 Å². The van der Waals surface area contributed by atoms with E-state index >= 15 is 0 Å². The molecule has 7 heteroatoms. The average Bonchev–Trinajstić information content (AvgIpc) is 2.61.